The lowest BCUT2D eigenvalue weighted by atomic mass is 9.99. The predicted molar refractivity (Wildman–Crippen MR) is 148 cm³/mol. The van der Waals surface area contributed by atoms with Crippen LogP contribution in [0.15, 0.2) is 65.0 Å². The van der Waals surface area contributed by atoms with E-state index < -0.39 is 10.0 Å². The minimum atomic E-state index is -3.61. The Morgan fingerprint density at radius 1 is 1.13 bits per heavy atom. The van der Waals surface area contributed by atoms with Gasteiger partial charge >= 0.3 is 0 Å². The highest BCUT2D eigenvalue weighted by Crippen LogP contribution is 2.26. The normalized spacial score (nSPS) is 18.1. The number of sulfonamides is 1. The number of benzene rings is 2. The topological polar surface area (TPSA) is 93.7 Å². The molecule has 2 aliphatic heterocycles. The summed E-state index contributed by atoms with van der Waals surface area (Å²) in [5.74, 6) is 0.772. The molecule has 198 valence electrons. The van der Waals surface area contributed by atoms with Crippen LogP contribution >= 0.6 is 11.3 Å². The van der Waals surface area contributed by atoms with Crippen molar-refractivity contribution in [2.45, 2.75) is 43.5 Å². The van der Waals surface area contributed by atoms with Gasteiger partial charge in [0.05, 0.1) is 36.3 Å². The van der Waals surface area contributed by atoms with Gasteiger partial charge in [-0.2, -0.15) is 4.31 Å². The van der Waals surface area contributed by atoms with Gasteiger partial charge in [-0.25, -0.2) is 18.4 Å². The average Bonchev–Trinajstić information content (AvgIpc) is 3.64. The van der Waals surface area contributed by atoms with Crippen LogP contribution in [0.3, 0.4) is 0 Å². The van der Waals surface area contributed by atoms with E-state index in [9.17, 15) is 8.42 Å². The quantitative estimate of drug-likeness (QED) is 0.330. The highest BCUT2D eigenvalue weighted by atomic mass is 32.2. The number of nitrogens with zero attached hydrogens (tertiary/aromatic N) is 3. The van der Waals surface area contributed by atoms with E-state index in [-0.39, 0.29) is 11.0 Å². The highest BCUT2D eigenvalue weighted by molar-refractivity contribution is 7.89. The van der Waals surface area contributed by atoms with Crippen molar-refractivity contribution in [1.82, 2.24) is 14.3 Å². The van der Waals surface area contributed by atoms with E-state index in [1.807, 2.05) is 17.5 Å². The number of anilines is 1. The molecule has 0 amide bonds. The van der Waals surface area contributed by atoms with Gasteiger partial charge in [0.2, 0.25) is 10.0 Å². The summed E-state index contributed by atoms with van der Waals surface area (Å²) < 4.78 is 39.6. The molecule has 2 aliphatic rings. The zero-order chi connectivity index (χ0) is 26.0. The lowest BCUT2D eigenvalue weighted by molar-refractivity contribution is 0.0508. The molecule has 0 spiro atoms. The molecule has 1 unspecified atom stereocenters. The largest absolute Gasteiger partial charge is 0.376 e. The monoisotopic (exact) mass is 550 g/mol. The molecule has 10 heteroatoms. The van der Waals surface area contributed by atoms with E-state index in [1.54, 1.807) is 24.4 Å². The van der Waals surface area contributed by atoms with E-state index in [2.05, 4.69) is 28.5 Å². The summed E-state index contributed by atoms with van der Waals surface area (Å²) in [5, 5.41) is 6.99. The summed E-state index contributed by atoms with van der Waals surface area (Å²) in [5.41, 5.74) is 4.70. The molecule has 2 aromatic carbocycles. The lowest BCUT2D eigenvalue weighted by Crippen LogP contribution is -2.30. The van der Waals surface area contributed by atoms with Gasteiger partial charge in [0.15, 0.2) is 0 Å². The van der Waals surface area contributed by atoms with E-state index >= 15 is 0 Å². The van der Waals surface area contributed by atoms with Gasteiger partial charge in [0.25, 0.3) is 0 Å². The fraction of sp³-hybridized carbons (Fsp3) is 0.357. The highest BCUT2D eigenvalue weighted by Gasteiger charge is 2.33. The van der Waals surface area contributed by atoms with Crippen molar-refractivity contribution >= 4 is 38.1 Å². The molecule has 0 radical (unpaired) electrons. The summed E-state index contributed by atoms with van der Waals surface area (Å²) >= 11 is 1.54. The summed E-state index contributed by atoms with van der Waals surface area (Å²) in [7, 11) is -3.61. The van der Waals surface area contributed by atoms with E-state index in [4.69, 9.17) is 14.5 Å². The van der Waals surface area contributed by atoms with Crippen LogP contribution in [0, 0.1) is 0 Å². The van der Waals surface area contributed by atoms with Crippen molar-refractivity contribution in [1.29, 1.82) is 0 Å². The number of thiazole rings is 1. The van der Waals surface area contributed by atoms with Crippen LogP contribution in [-0.2, 0) is 45.6 Å². The van der Waals surface area contributed by atoms with Crippen LogP contribution in [-0.4, -0.2) is 55.0 Å². The first-order chi connectivity index (χ1) is 18.5. The molecule has 6 rings (SSSR count). The number of aromatic nitrogens is 2. The molecule has 2 aromatic heterocycles. The SMILES string of the molecule is O=S(=O)(c1ccc2nc(NCCc3ccc4c(c3)COCC4)ccc2c1)N1CCC(OCc2nccs2)C1. The maximum atomic E-state index is 13.3. The van der Waals surface area contributed by atoms with E-state index in [1.165, 1.54) is 32.3 Å². The Morgan fingerprint density at radius 2 is 2.08 bits per heavy atom. The number of rotatable bonds is 9. The smallest absolute Gasteiger partial charge is 0.243 e. The Bertz CT molecular complexity index is 1530. The Kier molecular flexibility index (Phi) is 7.40. The molecule has 1 saturated heterocycles. The zero-order valence-electron chi connectivity index (χ0n) is 21.0. The van der Waals surface area contributed by atoms with Crippen LogP contribution in [0.25, 0.3) is 10.9 Å². The molecular weight excluding hydrogens is 520 g/mol. The molecule has 1 atom stereocenters. The second-order valence-corrected chi connectivity index (χ2v) is 12.6. The van der Waals surface area contributed by atoms with Crippen LogP contribution in [0.2, 0.25) is 0 Å². The molecule has 4 heterocycles. The van der Waals surface area contributed by atoms with Crippen molar-refractivity contribution < 1.29 is 17.9 Å². The third-order valence-electron chi connectivity index (χ3n) is 7.10. The van der Waals surface area contributed by atoms with Crippen molar-refractivity contribution in [3.8, 4) is 0 Å². The molecule has 0 bridgehead atoms. The molecule has 1 fully saturated rings. The van der Waals surface area contributed by atoms with Crippen molar-refractivity contribution in [3.05, 3.63) is 81.8 Å². The number of pyridine rings is 1. The lowest BCUT2D eigenvalue weighted by Gasteiger charge is -2.17. The van der Waals surface area contributed by atoms with Crippen molar-refractivity contribution in [2.75, 3.05) is 31.6 Å². The van der Waals surface area contributed by atoms with E-state index in [0.29, 0.717) is 32.7 Å². The Labute approximate surface area is 226 Å². The van der Waals surface area contributed by atoms with Gasteiger partial charge in [-0.15, -0.1) is 11.3 Å². The number of hydrogen-bond donors (Lipinski definition) is 1. The van der Waals surface area contributed by atoms with Crippen molar-refractivity contribution in [3.63, 3.8) is 0 Å². The van der Waals surface area contributed by atoms with E-state index in [0.717, 1.165) is 47.7 Å². The molecular formula is C28H30N4O4S2. The Hall–Kier alpha value is -2.89. The Balaban J connectivity index is 1.07. The molecule has 8 nitrogen and oxygen atoms in total. The zero-order valence-corrected chi connectivity index (χ0v) is 22.6. The summed E-state index contributed by atoms with van der Waals surface area (Å²) in [6.07, 6.45) is 4.16. The second-order valence-electron chi connectivity index (χ2n) is 9.64. The molecule has 1 N–H and O–H groups in total. The summed E-state index contributed by atoms with van der Waals surface area (Å²) in [4.78, 5) is 9.19. The molecule has 0 saturated carbocycles. The minimum Gasteiger partial charge on any atom is -0.376 e. The number of fused-ring (bicyclic) bond motifs is 2. The van der Waals surface area contributed by atoms with Crippen molar-refractivity contribution in [2.24, 2.45) is 0 Å². The van der Waals surface area contributed by atoms with Crippen LogP contribution in [0.4, 0.5) is 5.82 Å². The predicted octanol–water partition coefficient (Wildman–Crippen LogP) is 4.40. The van der Waals surface area contributed by atoms with Gasteiger partial charge in [-0.3, -0.25) is 0 Å². The summed E-state index contributed by atoms with van der Waals surface area (Å²) in [6, 6.07) is 15.6. The summed E-state index contributed by atoms with van der Waals surface area (Å²) in [6.45, 7) is 3.46. The number of ether oxygens (including phenoxy) is 2. The average molecular weight is 551 g/mol. The van der Waals surface area contributed by atoms with Gasteiger partial charge < -0.3 is 14.8 Å². The maximum Gasteiger partial charge on any atom is 0.243 e. The van der Waals surface area contributed by atoms with Crippen LogP contribution in [0.1, 0.15) is 28.1 Å². The number of nitrogens with one attached hydrogen (secondary N) is 1. The standard InChI is InChI=1S/C28H30N4O4S2/c33-38(34,32-12-8-24(17-32)36-19-28-30-11-14-37-28)25-4-5-26-22(16-25)3-6-27(31-26)29-10-7-20-1-2-21-9-13-35-18-23(21)15-20/h1-6,11,14-16,24H,7-10,12-13,17-19H2,(H,29,31). The maximum absolute atomic E-state index is 13.3. The first-order valence-electron chi connectivity index (χ1n) is 12.9. The first kappa shape index (κ1) is 25.4. The van der Waals surface area contributed by atoms with Crippen LogP contribution < -0.4 is 5.32 Å². The third kappa shape index (κ3) is 5.60. The fourth-order valence-electron chi connectivity index (χ4n) is 4.99. The fourth-order valence-corrected chi connectivity index (χ4v) is 7.05. The van der Waals surface area contributed by atoms with Gasteiger partial charge in [-0.1, -0.05) is 18.2 Å². The molecule has 0 aliphatic carbocycles. The van der Waals surface area contributed by atoms with Gasteiger partial charge in [0.1, 0.15) is 10.8 Å². The van der Waals surface area contributed by atoms with Crippen LogP contribution in [0.5, 0.6) is 0 Å². The van der Waals surface area contributed by atoms with Gasteiger partial charge in [0, 0.05) is 36.6 Å². The molecule has 4 aromatic rings. The van der Waals surface area contributed by atoms with Gasteiger partial charge in [-0.05, 0) is 66.3 Å². The minimum absolute atomic E-state index is 0.126. The molecule has 38 heavy (non-hydrogen) atoms. The second kappa shape index (κ2) is 11.1. The number of hydrogen-bond acceptors (Lipinski definition) is 8. The Morgan fingerprint density at radius 3 is 2.97 bits per heavy atom. The first-order valence-corrected chi connectivity index (χ1v) is 15.2. The third-order valence-corrected chi connectivity index (χ3v) is 9.71.